The van der Waals surface area contributed by atoms with Gasteiger partial charge in [-0.05, 0) is 109 Å². The lowest BCUT2D eigenvalue weighted by Gasteiger charge is -2.26. The fourth-order valence-electron chi connectivity index (χ4n) is 7.53. The molecule has 0 aliphatic carbocycles. The minimum Gasteiger partial charge on any atom is -0.310 e. The number of fused-ring (bicyclic) bond motifs is 9. The van der Waals surface area contributed by atoms with Gasteiger partial charge in [0.15, 0.2) is 0 Å². The molecule has 1 nitrogen and oxygen atoms in total. The van der Waals surface area contributed by atoms with E-state index in [0.29, 0.717) is 0 Å². The number of anilines is 3. The summed E-state index contributed by atoms with van der Waals surface area (Å²) in [6.07, 6.45) is 0. The molecular formula is C46H29NS. The van der Waals surface area contributed by atoms with Crippen LogP contribution >= 0.6 is 11.3 Å². The highest BCUT2D eigenvalue weighted by molar-refractivity contribution is 7.25. The summed E-state index contributed by atoms with van der Waals surface area (Å²) >= 11 is 1.87. The van der Waals surface area contributed by atoms with Crippen LogP contribution in [0.4, 0.5) is 17.1 Å². The van der Waals surface area contributed by atoms with E-state index < -0.39 is 0 Å². The smallest absolute Gasteiger partial charge is 0.0468 e. The van der Waals surface area contributed by atoms with Crippen molar-refractivity contribution in [2.75, 3.05) is 4.90 Å². The number of nitrogens with zero attached hydrogens (tertiary/aromatic N) is 1. The van der Waals surface area contributed by atoms with E-state index in [1.165, 1.54) is 74.4 Å². The third kappa shape index (κ3) is 4.31. The Kier molecular flexibility index (Phi) is 6.12. The lowest BCUT2D eigenvalue weighted by Crippen LogP contribution is -2.09. The van der Waals surface area contributed by atoms with Crippen molar-refractivity contribution in [2.45, 2.75) is 0 Å². The Balaban J connectivity index is 1.11. The Morgan fingerprint density at radius 3 is 1.92 bits per heavy atom. The van der Waals surface area contributed by atoms with Crippen LogP contribution in [0.25, 0.3) is 74.4 Å². The first-order valence-electron chi connectivity index (χ1n) is 16.4. The van der Waals surface area contributed by atoms with Gasteiger partial charge in [-0.2, -0.15) is 0 Å². The molecule has 0 radical (unpaired) electrons. The molecule has 9 aromatic carbocycles. The van der Waals surface area contributed by atoms with E-state index in [-0.39, 0.29) is 0 Å². The zero-order valence-electron chi connectivity index (χ0n) is 26.1. The van der Waals surface area contributed by atoms with Crippen LogP contribution in [0, 0.1) is 0 Å². The van der Waals surface area contributed by atoms with E-state index in [0.717, 1.165) is 17.1 Å². The second-order valence-corrected chi connectivity index (χ2v) is 13.6. The summed E-state index contributed by atoms with van der Waals surface area (Å²) in [6.45, 7) is 0. The molecule has 1 heterocycles. The van der Waals surface area contributed by atoms with Crippen LogP contribution < -0.4 is 4.90 Å². The molecule has 224 valence electrons. The molecule has 0 atom stereocenters. The molecule has 10 aromatic rings. The normalized spacial score (nSPS) is 11.8. The first-order valence-corrected chi connectivity index (χ1v) is 17.2. The van der Waals surface area contributed by atoms with Crippen LogP contribution in [-0.4, -0.2) is 0 Å². The fourth-order valence-corrected chi connectivity index (χ4v) is 8.66. The maximum Gasteiger partial charge on any atom is 0.0468 e. The van der Waals surface area contributed by atoms with Gasteiger partial charge in [0.1, 0.15) is 0 Å². The summed E-state index contributed by atoms with van der Waals surface area (Å²) in [6, 6.07) is 64.5. The lowest BCUT2D eigenvalue weighted by molar-refractivity contribution is 1.29. The molecule has 0 N–H and O–H groups in total. The van der Waals surface area contributed by atoms with Gasteiger partial charge in [0.05, 0.1) is 0 Å². The molecule has 0 spiro atoms. The van der Waals surface area contributed by atoms with E-state index in [1.54, 1.807) is 0 Å². The van der Waals surface area contributed by atoms with Crippen molar-refractivity contribution in [1.29, 1.82) is 0 Å². The molecule has 0 amide bonds. The van der Waals surface area contributed by atoms with Crippen molar-refractivity contribution in [1.82, 2.24) is 0 Å². The summed E-state index contributed by atoms with van der Waals surface area (Å²) in [5.74, 6) is 0. The van der Waals surface area contributed by atoms with Crippen LogP contribution in [0.1, 0.15) is 0 Å². The molecule has 0 bridgehead atoms. The fraction of sp³-hybridized carbons (Fsp3) is 0. The summed E-state index contributed by atoms with van der Waals surface area (Å²) in [5, 5.41) is 12.9. The van der Waals surface area contributed by atoms with Crippen molar-refractivity contribution < 1.29 is 0 Å². The highest BCUT2D eigenvalue weighted by Crippen LogP contribution is 2.42. The third-order valence-corrected chi connectivity index (χ3v) is 10.9. The van der Waals surface area contributed by atoms with Crippen LogP contribution in [-0.2, 0) is 0 Å². The maximum absolute atomic E-state index is 2.37. The number of hydrogen-bond donors (Lipinski definition) is 0. The average molecular weight is 628 g/mol. The van der Waals surface area contributed by atoms with Gasteiger partial charge in [-0.3, -0.25) is 0 Å². The van der Waals surface area contributed by atoms with Gasteiger partial charge < -0.3 is 4.90 Å². The van der Waals surface area contributed by atoms with E-state index in [1.807, 2.05) is 11.3 Å². The summed E-state index contributed by atoms with van der Waals surface area (Å²) < 4.78 is 2.67. The van der Waals surface area contributed by atoms with Gasteiger partial charge in [0.2, 0.25) is 0 Å². The first-order chi connectivity index (χ1) is 23.8. The maximum atomic E-state index is 2.37. The summed E-state index contributed by atoms with van der Waals surface area (Å²) in [7, 11) is 0. The minimum atomic E-state index is 1.13. The predicted octanol–water partition coefficient (Wildman–Crippen LogP) is 13.8. The zero-order valence-corrected chi connectivity index (χ0v) is 26.9. The zero-order chi connectivity index (χ0) is 31.6. The second-order valence-electron chi connectivity index (χ2n) is 12.5. The van der Waals surface area contributed by atoms with Crippen LogP contribution in [0.15, 0.2) is 176 Å². The monoisotopic (exact) mass is 627 g/mol. The number of hydrogen-bond acceptors (Lipinski definition) is 2. The Labute approximate surface area is 282 Å². The molecule has 48 heavy (non-hydrogen) atoms. The number of para-hydroxylation sites is 1. The van der Waals surface area contributed by atoms with Crippen molar-refractivity contribution in [3.8, 4) is 11.1 Å². The molecule has 0 aliphatic heterocycles. The van der Waals surface area contributed by atoms with Crippen LogP contribution in [0.2, 0.25) is 0 Å². The highest BCUT2D eigenvalue weighted by Gasteiger charge is 2.16. The topological polar surface area (TPSA) is 3.24 Å². The Morgan fingerprint density at radius 1 is 0.333 bits per heavy atom. The molecule has 2 heteroatoms. The summed E-state index contributed by atoms with van der Waals surface area (Å²) in [5.41, 5.74) is 5.87. The molecule has 0 saturated carbocycles. The molecular weight excluding hydrogens is 599 g/mol. The highest BCUT2D eigenvalue weighted by atomic mass is 32.1. The van der Waals surface area contributed by atoms with Crippen molar-refractivity contribution >= 4 is 91.7 Å². The van der Waals surface area contributed by atoms with Crippen molar-refractivity contribution in [2.24, 2.45) is 0 Å². The van der Waals surface area contributed by atoms with E-state index >= 15 is 0 Å². The average Bonchev–Trinajstić information content (AvgIpc) is 3.51. The Hall–Kier alpha value is -5.96. The first kappa shape index (κ1) is 27.2. The quantitative estimate of drug-likeness (QED) is 0.176. The molecule has 1 aromatic heterocycles. The van der Waals surface area contributed by atoms with Crippen LogP contribution in [0.3, 0.4) is 0 Å². The number of benzene rings is 9. The molecule has 0 aliphatic rings. The van der Waals surface area contributed by atoms with Gasteiger partial charge in [0, 0.05) is 37.2 Å². The molecule has 0 saturated heterocycles. The van der Waals surface area contributed by atoms with Gasteiger partial charge in [0.25, 0.3) is 0 Å². The third-order valence-electron chi connectivity index (χ3n) is 9.79. The van der Waals surface area contributed by atoms with Gasteiger partial charge >= 0.3 is 0 Å². The van der Waals surface area contributed by atoms with Crippen molar-refractivity contribution in [3.05, 3.63) is 176 Å². The summed E-state index contributed by atoms with van der Waals surface area (Å²) in [4.78, 5) is 2.36. The molecule has 0 unspecified atom stereocenters. The SMILES string of the molecule is c1ccc(N(c2ccc(-c3cccc4ccc5c6ccccc6ccc5c34)cc2)c2ccc3cc4sc5ccccc5c4cc3c2)cc1. The van der Waals surface area contributed by atoms with E-state index in [9.17, 15) is 0 Å². The standard InChI is InChI=1S/C46H29NS/c1-2-11-35(12-3-1)47(37-24-19-33-29-45-43(28-34(33)27-37)41-14-6-7-16-44(41)48-45)36-22-17-31(18-23-36)39-15-8-10-32-21-25-40-38-13-5-4-9-30(38)20-26-42(40)46(32)39/h1-29H. The largest absolute Gasteiger partial charge is 0.310 e. The van der Waals surface area contributed by atoms with Crippen molar-refractivity contribution in [3.63, 3.8) is 0 Å². The number of thiophene rings is 1. The van der Waals surface area contributed by atoms with E-state index in [2.05, 4.69) is 181 Å². The molecule has 10 rings (SSSR count). The molecule has 0 fully saturated rings. The lowest BCUT2D eigenvalue weighted by atomic mass is 9.91. The number of rotatable bonds is 4. The van der Waals surface area contributed by atoms with Gasteiger partial charge in [-0.25, -0.2) is 0 Å². The second kappa shape index (κ2) is 10.8. The minimum absolute atomic E-state index is 1.13. The predicted molar refractivity (Wildman–Crippen MR) is 209 cm³/mol. The Morgan fingerprint density at radius 2 is 1.02 bits per heavy atom. The Bertz CT molecular complexity index is 2830. The van der Waals surface area contributed by atoms with Gasteiger partial charge in [-0.1, -0.05) is 121 Å². The van der Waals surface area contributed by atoms with E-state index in [4.69, 9.17) is 0 Å². The van der Waals surface area contributed by atoms with Crippen LogP contribution in [0.5, 0.6) is 0 Å². The van der Waals surface area contributed by atoms with Gasteiger partial charge in [-0.15, -0.1) is 11.3 Å².